The first-order chi connectivity index (χ1) is 11.9. The summed E-state index contributed by atoms with van der Waals surface area (Å²) in [6.45, 7) is 13.2. The highest BCUT2D eigenvalue weighted by molar-refractivity contribution is 5.70. The second-order valence-electron chi connectivity index (χ2n) is 6.48. The minimum atomic E-state index is -0.565. The van der Waals surface area contributed by atoms with Gasteiger partial charge in [-0.2, -0.15) is 0 Å². The molecule has 5 nitrogen and oxygen atoms in total. The Labute approximate surface area is 150 Å². The van der Waals surface area contributed by atoms with E-state index in [2.05, 4.69) is 28.4 Å². The Kier molecular flexibility index (Phi) is 6.79. The number of rotatable bonds is 9. The molecule has 2 rings (SSSR count). The molecule has 0 spiro atoms. The summed E-state index contributed by atoms with van der Waals surface area (Å²) >= 11 is 0. The Bertz CT molecular complexity index is 707. The van der Waals surface area contributed by atoms with Crippen LogP contribution in [0.5, 0.6) is 5.75 Å². The molecule has 1 aromatic carbocycles. The van der Waals surface area contributed by atoms with Crippen LogP contribution in [0.15, 0.2) is 37.0 Å². The van der Waals surface area contributed by atoms with Gasteiger partial charge in [0.15, 0.2) is 0 Å². The molecule has 0 fully saturated rings. The normalized spacial score (nSPS) is 12.4. The van der Waals surface area contributed by atoms with E-state index in [4.69, 9.17) is 4.74 Å². The number of hydrogen-bond acceptors (Lipinski definition) is 4. The SMILES string of the molecule is C=C(c1ccccc1OCC(O)CNC(C)C)n1c(C)cnc1CC. The number of aliphatic hydroxyl groups excluding tert-OH is 1. The van der Waals surface area contributed by atoms with Crippen molar-refractivity contribution in [3.63, 3.8) is 0 Å². The molecule has 0 bridgehead atoms. The van der Waals surface area contributed by atoms with Crippen LogP contribution in [0, 0.1) is 6.92 Å². The Morgan fingerprint density at radius 3 is 2.76 bits per heavy atom. The number of aryl methyl sites for hydroxylation is 2. The number of nitrogens with one attached hydrogen (secondary N) is 1. The van der Waals surface area contributed by atoms with Gasteiger partial charge in [-0.05, 0) is 19.1 Å². The van der Waals surface area contributed by atoms with Gasteiger partial charge in [0.1, 0.15) is 24.3 Å². The van der Waals surface area contributed by atoms with Crippen LogP contribution in [0.2, 0.25) is 0 Å². The van der Waals surface area contributed by atoms with Crippen LogP contribution in [-0.4, -0.2) is 40.0 Å². The van der Waals surface area contributed by atoms with Gasteiger partial charge in [0.2, 0.25) is 0 Å². The number of hydrogen-bond donors (Lipinski definition) is 2. The molecular weight excluding hydrogens is 314 g/mol. The standard InChI is InChI=1S/C20H29N3O2/c1-6-20-22-11-15(4)23(20)16(5)18-9-7-8-10-19(18)25-13-17(24)12-21-14(2)3/h7-11,14,17,21,24H,5-6,12-13H2,1-4H3. The summed E-state index contributed by atoms with van der Waals surface area (Å²) in [6.07, 6.45) is 2.12. The number of para-hydroxylation sites is 1. The fourth-order valence-corrected chi connectivity index (χ4v) is 2.67. The molecule has 0 saturated carbocycles. The van der Waals surface area contributed by atoms with Gasteiger partial charge in [0.05, 0.1) is 5.70 Å². The summed E-state index contributed by atoms with van der Waals surface area (Å²) in [7, 11) is 0. The van der Waals surface area contributed by atoms with E-state index >= 15 is 0 Å². The van der Waals surface area contributed by atoms with Crippen molar-refractivity contribution in [3.05, 3.63) is 54.1 Å². The number of ether oxygens (including phenoxy) is 1. The van der Waals surface area contributed by atoms with E-state index in [0.717, 1.165) is 29.2 Å². The minimum Gasteiger partial charge on any atom is -0.490 e. The quantitative estimate of drug-likeness (QED) is 0.735. The zero-order valence-electron chi connectivity index (χ0n) is 15.6. The Hall–Kier alpha value is -2.11. The lowest BCUT2D eigenvalue weighted by molar-refractivity contribution is 0.104. The molecule has 2 aromatic rings. The predicted octanol–water partition coefficient (Wildman–Crippen LogP) is 3.01. The first kappa shape index (κ1) is 19.2. The van der Waals surface area contributed by atoms with Crippen molar-refractivity contribution in [1.29, 1.82) is 0 Å². The smallest absolute Gasteiger partial charge is 0.128 e. The van der Waals surface area contributed by atoms with Crippen LogP contribution >= 0.6 is 0 Å². The molecule has 1 heterocycles. The van der Waals surface area contributed by atoms with Gasteiger partial charge in [0.25, 0.3) is 0 Å². The minimum absolute atomic E-state index is 0.230. The van der Waals surface area contributed by atoms with Crippen LogP contribution in [0.1, 0.15) is 37.9 Å². The largest absolute Gasteiger partial charge is 0.490 e. The summed E-state index contributed by atoms with van der Waals surface area (Å²) in [5, 5.41) is 13.3. The van der Waals surface area contributed by atoms with Crippen molar-refractivity contribution >= 4 is 5.70 Å². The number of imidazole rings is 1. The average molecular weight is 343 g/mol. The summed E-state index contributed by atoms with van der Waals surface area (Å²) < 4.78 is 7.93. The Morgan fingerprint density at radius 1 is 1.36 bits per heavy atom. The fourth-order valence-electron chi connectivity index (χ4n) is 2.67. The maximum Gasteiger partial charge on any atom is 0.128 e. The van der Waals surface area contributed by atoms with Gasteiger partial charge in [-0.25, -0.2) is 4.98 Å². The second-order valence-corrected chi connectivity index (χ2v) is 6.48. The fraction of sp³-hybridized carbons (Fsp3) is 0.450. The predicted molar refractivity (Wildman–Crippen MR) is 102 cm³/mol. The van der Waals surface area contributed by atoms with E-state index in [1.807, 2.05) is 51.2 Å². The van der Waals surface area contributed by atoms with Crippen molar-refractivity contribution in [1.82, 2.24) is 14.9 Å². The summed E-state index contributed by atoms with van der Waals surface area (Å²) in [5.41, 5.74) is 2.78. The molecule has 0 aliphatic rings. The van der Waals surface area contributed by atoms with E-state index in [-0.39, 0.29) is 6.61 Å². The van der Waals surface area contributed by atoms with Crippen LogP contribution in [0.25, 0.3) is 5.70 Å². The molecule has 0 amide bonds. The first-order valence-electron chi connectivity index (χ1n) is 8.80. The van der Waals surface area contributed by atoms with Crippen molar-refractivity contribution in [2.24, 2.45) is 0 Å². The molecule has 0 aliphatic heterocycles. The van der Waals surface area contributed by atoms with Gasteiger partial charge in [-0.15, -0.1) is 0 Å². The zero-order valence-corrected chi connectivity index (χ0v) is 15.6. The number of aliphatic hydroxyl groups is 1. The van der Waals surface area contributed by atoms with Gasteiger partial charge in [0, 0.05) is 36.5 Å². The highest BCUT2D eigenvalue weighted by Crippen LogP contribution is 2.28. The topological polar surface area (TPSA) is 59.3 Å². The number of nitrogens with zero attached hydrogens (tertiary/aromatic N) is 2. The van der Waals surface area contributed by atoms with E-state index in [1.54, 1.807) is 0 Å². The van der Waals surface area contributed by atoms with E-state index < -0.39 is 6.10 Å². The molecule has 0 radical (unpaired) electrons. The Morgan fingerprint density at radius 2 is 2.08 bits per heavy atom. The molecule has 2 N–H and O–H groups in total. The third-order valence-electron chi connectivity index (χ3n) is 3.99. The highest BCUT2D eigenvalue weighted by atomic mass is 16.5. The third kappa shape index (κ3) is 4.94. The molecule has 1 unspecified atom stereocenters. The van der Waals surface area contributed by atoms with Gasteiger partial charge >= 0.3 is 0 Å². The van der Waals surface area contributed by atoms with Gasteiger partial charge in [-0.1, -0.05) is 39.5 Å². The van der Waals surface area contributed by atoms with Crippen LogP contribution in [0.4, 0.5) is 0 Å². The monoisotopic (exact) mass is 343 g/mol. The van der Waals surface area contributed by atoms with E-state index in [9.17, 15) is 5.11 Å². The summed E-state index contributed by atoms with van der Waals surface area (Å²) in [4.78, 5) is 4.44. The number of aromatic nitrogens is 2. The molecular formula is C20H29N3O2. The second kappa shape index (κ2) is 8.83. The van der Waals surface area contributed by atoms with Gasteiger partial charge < -0.3 is 19.7 Å². The van der Waals surface area contributed by atoms with Crippen LogP contribution < -0.4 is 10.1 Å². The molecule has 0 saturated heterocycles. The van der Waals surface area contributed by atoms with Crippen LogP contribution in [-0.2, 0) is 6.42 Å². The molecule has 1 aromatic heterocycles. The maximum atomic E-state index is 10.1. The summed E-state index contributed by atoms with van der Waals surface area (Å²) in [6, 6.07) is 8.10. The van der Waals surface area contributed by atoms with Gasteiger partial charge in [-0.3, -0.25) is 0 Å². The third-order valence-corrected chi connectivity index (χ3v) is 3.99. The molecule has 25 heavy (non-hydrogen) atoms. The lowest BCUT2D eigenvalue weighted by Crippen LogP contribution is -2.35. The van der Waals surface area contributed by atoms with Crippen molar-refractivity contribution in [2.75, 3.05) is 13.2 Å². The Balaban J connectivity index is 2.15. The zero-order chi connectivity index (χ0) is 18.4. The van der Waals surface area contributed by atoms with Crippen molar-refractivity contribution in [3.8, 4) is 5.75 Å². The van der Waals surface area contributed by atoms with Crippen molar-refractivity contribution in [2.45, 2.75) is 46.3 Å². The van der Waals surface area contributed by atoms with Crippen molar-refractivity contribution < 1.29 is 9.84 Å². The highest BCUT2D eigenvalue weighted by Gasteiger charge is 2.15. The van der Waals surface area contributed by atoms with E-state index in [0.29, 0.717) is 18.3 Å². The van der Waals surface area contributed by atoms with E-state index in [1.165, 1.54) is 0 Å². The number of benzene rings is 1. The lowest BCUT2D eigenvalue weighted by atomic mass is 10.1. The van der Waals surface area contributed by atoms with Crippen LogP contribution in [0.3, 0.4) is 0 Å². The average Bonchev–Trinajstić information content (AvgIpc) is 2.98. The maximum absolute atomic E-state index is 10.1. The summed E-state index contributed by atoms with van der Waals surface area (Å²) in [5.74, 6) is 1.68. The molecule has 0 aliphatic carbocycles. The molecule has 136 valence electrons. The molecule has 1 atom stereocenters. The lowest BCUT2D eigenvalue weighted by Gasteiger charge is -2.19. The first-order valence-corrected chi connectivity index (χ1v) is 8.80. The molecule has 5 heteroatoms.